The topological polar surface area (TPSA) is 55.1 Å². The van der Waals surface area contributed by atoms with E-state index in [-0.39, 0.29) is 11.9 Å². The third-order valence-electron chi connectivity index (χ3n) is 3.99. The number of amides is 1. The lowest BCUT2D eigenvalue weighted by Gasteiger charge is -2.16. The van der Waals surface area contributed by atoms with Crippen molar-refractivity contribution in [2.24, 2.45) is 0 Å². The van der Waals surface area contributed by atoms with Crippen LogP contribution in [0.2, 0.25) is 0 Å². The average Bonchev–Trinajstić information content (AvgIpc) is 3.39. The number of thiazole rings is 1. The molecule has 0 radical (unpaired) electrons. The van der Waals surface area contributed by atoms with Crippen LogP contribution < -0.4 is 5.32 Å². The molecule has 0 aliphatic rings. The number of rotatable bonds is 5. The largest absolute Gasteiger partial charge is 0.467 e. The SMILES string of the molecule is O=C(NC(c1ccccc1)c1ccco1)c1csc(-c2ccccc2)n1. The van der Waals surface area contributed by atoms with Crippen LogP contribution in [0.15, 0.2) is 88.9 Å². The first-order valence-electron chi connectivity index (χ1n) is 8.21. The van der Waals surface area contributed by atoms with Gasteiger partial charge in [-0.05, 0) is 17.7 Å². The number of furan rings is 1. The van der Waals surface area contributed by atoms with Crippen molar-refractivity contribution in [2.75, 3.05) is 0 Å². The molecular weight excluding hydrogens is 344 g/mol. The van der Waals surface area contributed by atoms with Crippen LogP contribution in [-0.2, 0) is 0 Å². The van der Waals surface area contributed by atoms with E-state index in [1.54, 1.807) is 11.6 Å². The summed E-state index contributed by atoms with van der Waals surface area (Å²) in [6.45, 7) is 0. The summed E-state index contributed by atoms with van der Waals surface area (Å²) >= 11 is 1.46. The van der Waals surface area contributed by atoms with Gasteiger partial charge in [0, 0.05) is 10.9 Å². The monoisotopic (exact) mass is 360 g/mol. The number of carbonyl (C=O) groups is 1. The van der Waals surface area contributed by atoms with Crippen molar-refractivity contribution in [2.45, 2.75) is 6.04 Å². The van der Waals surface area contributed by atoms with Crippen molar-refractivity contribution in [1.82, 2.24) is 10.3 Å². The number of nitrogens with one attached hydrogen (secondary N) is 1. The molecule has 0 spiro atoms. The Labute approximate surface area is 155 Å². The summed E-state index contributed by atoms with van der Waals surface area (Å²) in [6.07, 6.45) is 1.60. The molecular formula is C21H16N2O2S. The lowest BCUT2D eigenvalue weighted by molar-refractivity contribution is 0.0934. The highest BCUT2D eigenvalue weighted by Crippen LogP contribution is 2.25. The number of carbonyl (C=O) groups excluding carboxylic acids is 1. The van der Waals surface area contributed by atoms with E-state index in [4.69, 9.17) is 4.42 Å². The highest BCUT2D eigenvalue weighted by Gasteiger charge is 2.21. The molecule has 1 N–H and O–H groups in total. The quantitative estimate of drug-likeness (QED) is 0.549. The lowest BCUT2D eigenvalue weighted by Crippen LogP contribution is -2.29. The predicted octanol–water partition coefficient (Wildman–Crippen LogP) is 4.92. The zero-order valence-corrected chi connectivity index (χ0v) is 14.6. The van der Waals surface area contributed by atoms with Crippen LogP contribution in [0, 0.1) is 0 Å². The first kappa shape index (κ1) is 16.3. The van der Waals surface area contributed by atoms with E-state index in [1.165, 1.54) is 11.3 Å². The van der Waals surface area contributed by atoms with Gasteiger partial charge in [0.2, 0.25) is 0 Å². The molecule has 4 rings (SSSR count). The zero-order valence-electron chi connectivity index (χ0n) is 13.8. The van der Waals surface area contributed by atoms with Crippen LogP contribution in [0.4, 0.5) is 0 Å². The Morgan fingerprint density at radius 2 is 1.69 bits per heavy atom. The first-order chi connectivity index (χ1) is 12.8. The van der Waals surface area contributed by atoms with E-state index in [0.29, 0.717) is 11.5 Å². The number of aromatic nitrogens is 1. The fourth-order valence-electron chi connectivity index (χ4n) is 2.72. The molecule has 2 heterocycles. The van der Waals surface area contributed by atoms with Crippen LogP contribution in [0.3, 0.4) is 0 Å². The Hall–Kier alpha value is -3.18. The summed E-state index contributed by atoms with van der Waals surface area (Å²) in [5.41, 5.74) is 2.36. The van der Waals surface area contributed by atoms with Gasteiger partial charge < -0.3 is 9.73 Å². The van der Waals surface area contributed by atoms with Crippen LogP contribution >= 0.6 is 11.3 Å². The van der Waals surface area contributed by atoms with Crippen molar-refractivity contribution in [3.8, 4) is 10.6 Å². The van der Waals surface area contributed by atoms with E-state index in [1.807, 2.05) is 72.8 Å². The van der Waals surface area contributed by atoms with Gasteiger partial charge in [-0.25, -0.2) is 4.98 Å². The minimum Gasteiger partial charge on any atom is -0.467 e. The molecule has 1 atom stereocenters. The number of hydrogen-bond acceptors (Lipinski definition) is 4. The second-order valence-corrected chi connectivity index (χ2v) is 6.59. The fraction of sp³-hybridized carbons (Fsp3) is 0.0476. The Morgan fingerprint density at radius 3 is 2.38 bits per heavy atom. The highest BCUT2D eigenvalue weighted by molar-refractivity contribution is 7.13. The number of hydrogen-bond donors (Lipinski definition) is 1. The molecule has 5 heteroatoms. The zero-order chi connectivity index (χ0) is 17.8. The van der Waals surface area contributed by atoms with Gasteiger partial charge in [-0.3, -0.25) is 4.79 Å². The van der Waals surface area contributed by atoms with Gasteiger partial charge >= 0.3 is 0 Å². The molecule has 4 aromatic rings. The predicted molar refractivity (Wildman–Crippen MR) is 102 cm³/mol. The summed E-state index contributed by atoms with van der Waals surface area (Å²) in [5, 5.41) is 5.63. The average molecular weight is 360 g/mol. The molecule has 0 bridgehead atoms. The van der Waals surface area contributed by atoms with Gasteiger partial charge in [0.1, 0.15) is 22.5 Å². The summed E-state index contributed by atoms with van der Waals surface area (Å²) in [7, 11) is 0. The fourth-order valence-corrected chi connectivity index (χ4v) is 3.52. The van der Waals surface area contributed by atoms with Gasteiger partial charge in [0.05, 0.1) is 6.26 Å². The van der Waals surface area contributed by atoms with Gasteiger partial charge in [-0.15, -0.1) is 11.3 Å². The summed E-state index contributed by atoms with van der Waals surface area (Å²) in [5.74, 6) is 0.455. The molecule has 2 aromatic heterocycles. The van der Waals surface area contributed by atoms with Crippen molar-refractivity contribution in [3.63, 3.8) is 0 Å². The van der Waals surface area contributed by atoms with Crippen molar-refractivity contribution in [1.29, 1.82) is 0 Å². The molecule has 128 valence electrons. The van der Waals surface area contributed by atoms with E-state index in [0.717, 1.165) is 16.1 Å². The maximum Gasteiger partial charge on any atom is 0.271 e. The highest BCUT2D eigenvalue weighted by atomic mass is 32.1. The second kappa shape index (κ2) is 7.37. The van der Waals surface area contributed by atoms with E-state index in [2.05, 4.69) is 10.3 Å². The standard InChI is InChI=1S/C21H16N2O2S/c24-20(17-14-26-21(22-17)16-10-5-2-6-11-16)23-19(18-12-7-13-25-18)15-8-3-1-4-9-15/h1-14,19H,(H,23,24). The summed E-state index contributed by atoms with van der Waals surface area (Å²) < 4.78 is 5.53. The van der Waals surface area contributed by atoms with Gasteiger partial charge in [-0.2, -0.15) is 0 Å². The molecule has 0 fully saturated rings. The molecule has 0 saturated heterocycles. The van der Waals surface area contributed by atoms with Gasteiger partial charge in [0.15, 0.2) is 0 Å². The number of nitrogens with zero attached hydrogens (tertiary/aromatic N) is 1. The van der Waals surface area contributed by atoms with Crippen molar-refractivity contribution in [3.05, 3.63) is 101 Å². The molecule has 26 heavy (non-hydrogen) atoms. The molecule has 4 nitrogen and oxygen atoms in total. The smallest absolute Gasteiger partial charge is 0.271 e. The maximum absolute atomic E-state index is 12.8. The van der Waals surface area contributed by atoms with Gasteiger partial charge in [-0.1, -0.05) is 60.7 Å². The second-order valence-electron chi connectivity index (χ2n) is 5.74. The van der Waals surface area contributed by atoms with E-state index >= 15 is 0 Å². The van der Waals surface area contributed by atoms with Crippen molar-refractivity contribution >= 4 is 17.2 Å². The van der Waals surface area contributed by atoms with Crippen LogP contribution in [0.5, 0.6) is 0 Å². The first-order valence-corrected chi connectivity index (χ1v) is 9.09. The Balaban J connectivity index is 1.59. The minimum atomic E-state index is -0.361. The third-order valence-corrected chi connectivity index (χ3v) is 4.88. The normalized spacial score (nSPS) is 11.8. The Kier molecular flexibility index (Phi) is 4.62. The van der Waals surface area contributed by atoms with Crippen LogP contribution in [-0.4, -0.2) is 10.9 Å². The number of benzene rings is 2. The summed E-state index contributed by atoms with van der Waals surface area (Å²) in [4.78, 5) is 17.2. The molecule has 1 unspecified atom stereocenters. The minimum absolute atomic E-state index is 0.228. The van der Waals surface area contributed by atoms with Crippen LogP contribution in [0.25, 0.3) is 10.6 Å². The summed E-state index contributed by atoms with van der Waals surface area (Å²) in [6, 6.07) is 22.9. The molecule has 1 amide bonds. The van der Waals surface area contributed by atoms with E-state index in [9.17, 15) is 4.79 Å². The molecule has 0 aliphatic heterocycles. The maximum atomic E-state index is 12.8. The van der Waals surface area contributed by atoms with Crippen LogP contribution in [0.1, 0.15) is 27.9 Å². The van der Waals surface area contributed by atoms with E-state index < -0.39 is 0 Å². The third kappa shape index (κ3) is 3.43. The van der Waals surface area contributed by atoms with Gasteiger partial charge in [0.25, 0.3) is 5.91 Å². The lowest BCUT2D eigenvalue weighted by atomic mass is 10.0. The molecule has 0 aliphatic carbocycles. The van der Waals surface area contributed by atoms with Crippen molar-refractivity contribution < 1.29 is 9.21 Å². The Morgan fingerprint density at radius 1 is 0.962 bits per heavy atom. The molecule has 2 aromatic carbocycles. The molecule has 0 saturated carbocycles. The Bertz CT molecular complexity index is 979.